The molecule has 0 saturated heterocycles. The number of carbonyl (C=O) groups is 1. The first-order valence-corrected chi connectivity index (χ1v) is 6.60. The first-order valence-electron chi connectivity index (χ1n) is 6.60. The van der Waals surface area contributed by atoms with Crippen molar-refractivity contribution in [2.45, 2.75) is 33.7 Å². The van der Waals surface area contributed by atoms with E-state index in [4.69, 9.17) is 0 Å². The van der Waals surface area contributed by atoms with Crippen LogP contribution in [0.1, 0.15) is 38.1 Å². The van der Waals surface area contributed by atoms with Crippen LogP contribution in [0.15, 0.2) is 18.2 Å². The van der Waals surface area contributed by atoms with Crippen LogP contribution in [0.4, 0.5) is 0 Å². The lowest BCUT2D eigenvalue weighted by atomic mass is 10.1. The molecule has 0 fully saturated rings. The van der Waals surface area contributed by atoms with E-state index in [1.54, 1.807) is 0 Å². The zero-order valence-electron chi connectivity index (χ0n) is 12.1. The second-order valence-electron chi connectivity index (χ2n) is 5.54. The van der Waals surface area contributed by atoms with E-state index in [-0.39, 0.29) is 23.3 Å². The third kappa shape index (κ3) is 4.56. The summed E-state index contributed by atoms with van der Waals surface area (Å²) in [5.74, 6) is -0.0293. The normalized spacial score (nSPS) is 11.5. The number of phenolic OH excluding ortho intramolecular Hbond substituents is 2. The molecule has 0 aliphatic carbocycles. The molecule has 2 N–H and O–H groups in total. The van der Waals surface area contributed by atoms with E-state index in [0.717, 1.165) is 6.54 Å². The molecule has 0 aromatic heterocycles. The van der Waals surface area contributed by atoms with Gasteiger partial charge in [0.1, 0.15) is 0 Å². The fourth-order valence-corrected chi connectivity index (χ4v) is 1.90. The zero-order valence-corrected chi connectivity index (χ0v) is 12.1. The number of Topliss-reactive ketones (excluding diaryl/α,β-unsaturated/α-hetero) is 1. The van der Waals surface area contributed by atoms with Crippen LogP contribution in [0.3, 0.4) is 0 Å². The van der Waals surface area contributed by atoms with Crippen LogP contribution in [-0.2, 0) is 0 Å². The van der Waals surface area contributed by atoms with Gasteiger partial charge >= 0.3 is 0 Å². The Morgan fingerprint density at radius 3 is 2.26 bits per heavy atom. The molecular formula is C15H23NO3. The van der Waals surface area contributed by atoms with Crippen LogP contribution in [0.2, 0.25) is 0 Å². The zero-order chi connectivity index (χ0) is 14.6. The highest BCUT2D eigenvalue weighted by molar-refractivity contribution is 5.98. The number of aromatic hydroxyl groups is 2. The van der Waals surface area contributed by atoms with Gasteiger partial charge in [-0.3, -0.25) is 9.69 Å². The summed E-state index contributed by atoms with van der Waals surface area (Å²) >= 11 is 0. The first kappa shape index (κ1) is 15.5. The number of phenols is 2. The maximum Gasteiger partial charge on any atom is 0.176 e. The predicted octanol–water partition coefficient (Wildman–Crippen LogP) is 2.65. The average molecular weight is 265 g/mol. The van der Waals surface area contributed by atoms with Crippen molar-refractivity contribution in [3.8, 4) is 11.5 Å². The average Bonchev–Trinajstić information content (AvgIpc) is 2.31. The lowest BCUT2D eigenvalue weighted by Gasteiger charge is -2.27. The molecule has 0 atom stereocenters. The molecule has 0 aliphatic rings. The summed E-state index contributed by atoms with van der Waals surface area (Å²) in [5.41, 5.74) is 0.421. The van der Waals surface area contributed by atoms with E-state index in [1.807, 2.05) is 0 Å². The number of hydrogen-bond donors (Lipinski definition) is 2. The third-order valence-electron chi connectivity index (χ3n) is 2.97. The Morgan fingerprint density at radius 1 is 1.16 bits per heavy atom. The number of nitrogens with zero attached hydrogens (tertiary/aromatic N) is 1. The molecular weight excluding hydrogens is 242 g/mol. The van der Waals surface area contributed by atoms with Crippen LogP contribution in [0.5, 0.6) is 11.5 Å². The van der Waals surface area contributed by atoms with E-state index >= 15 is 0 Å². The van der Waals surface area contributed by atoms with Crippen molar-refractivity contribution in [1.29, 1.82) is 0 Å². The summed E-state index contributed by atoms with van der Waals surface area (Å²) in [4.78, 5) is 14.3. The van der Waals surface area contributed by atoms with Gasteiger partial charge in [0, 0.05) is 18.2 Å². The second-order valence-corrected chi connectivity index (χ2v) is 5.54. The fraction of sp³-hybridized carbons (Fsp3) is 0.533. The fourth-order valence-electron chi connectivity index (χ4n) is 1.90. The monoisotopic (exact) mass is 265 g/mol. The van der Waals surface area contributed by atoms with Gasteiger partial charge < -0.3 is 10.2 Å². The van der Waals surface area contributed by atoms with Crippen LogP contribution >= 0.6 is 0 Å². The minimum Gasteiger partial charge on any atom is -0.504 e. The summed E-state index contributed by atoms with van der Waals surface area (Å²) in [6.45, 7) is 9.53. The molecule has 0 aliphatic heterocycles. The van der Waals surface area contributed by atoms with E-state index in [0.29, 0.717) is 18.0 Å². The maximum absolute atomic E-state index is 12.2. The summed E-state index contributed by atoms with van der Waals surface area (Å²) in [6.07, 6.45) is 0. The van der Waals surface area contributed by atoms with Gasteiger partial charge in [-0.05, 0) is 38.0 Å². The van der Waals surface area contributed by atoms with Crippen LogP contribution in [0.25, 0.3) is 0 Å². The Hall–Kier alpha value is -1.55. The Kier molecular flexibility index (Phi) is 5.36. The quantitative estimate of drug-likeness (QED) is 0.613. The second kappa shape index (κ2) is 6.57. The maximum atomic E-state index is 12.2. The first-order chi connectivity index (χ1) is 8.81. The molecule has 0 radical (unpaired) electrons. The van der Waals surface area contributed by atoms with Crippen molar-refractivity contribution in [3.05, 3.63) is 23.8 Å². The molecule has 1 aromatic carbocycles. The lowest BCUT2D eigenvalue weighted by molar-refractivity contribution is 0.0892. The van der Waals surface area contributed by atoms with Crippen molar-refractivity contribution in [2.75, 3.05) is 13.1 Å². The largest absolute Gasteiger partial charge is 0.504 e. The molecule has 0 saturated carbocycles. The molecule has 4 nitrogen and oxygen atoms in total. The summed E-state index contributed by atoms with van der Waals surface area (Å²) in [7, 11) is 0. The van der Waals surface area contributed by atoms with Crippen LogP contribution in [-0.4, -0.2) is 40.0 Å². The minimum absolute atomic E-state index is 0.0513. The number of ketones is 1. The van der Waals surface area contributed by atoms with Gasteiger partial charge in [-0.2, -0.15) is 0 Å². The lowest BCUT2D eigenvalue weighted by Crippen LogP contribution is -2.38. The Labute approximate surface area is 114 Å². The predicted molar refractivity (Wildman–Crippen MR) is 75.6 cm³/mol. The number of benzene rings is 1. The van der Waals surface area contributed by atoms with Gasteiger partial charge in [0.2, 0.25) is 0 Å². The molecule has 106 valence electrons. The Balaban J connectivity index is 2.78. The standard InChI is InChI=1S/C15H23NO3/c1-10(2)8-16(11(3)4)9-15(19)12-5-6-13(17)14(18)7-12/h5-7,10-11,17-18H,8-9H2,1-4H3. The van der Waals surface area contributed by atoms with Gasteiger partial charge in [-0.15, -0.1) is 0 Å². The van der Waals surface area contributed by atoms with Gasteiger partial charge in [0.15, 0.2) is 17.3 Å². The molecule has 0 bridgehead atoms. The molecule has 0 spiro atoms. The molecule has 19 heavy (non-hydrogen) atoms. The van der Waals surface area contributed by atoms with Crippen molar-refractivity contribution in [2.24, 2.45) is 5.92 Å². The molecule has 4 heteroatoms. The number of rotatable bonds is 6. The number of hydrogen-bond acceptors (Lipinski definition) is 4. The summed E-state index contributed by atoms with van der Waals surface area (Å²) < 4.78 is 0. The van der Waals surface area contributed by atoms with Crippen LogP contribution in [0, 0.1) is 5.92 Å². The summed E-state index contributed by atoms with van der Waals surface area (Å²) in [6, 6.07) is 4.47. The smallest absolute Gasteiger partial charge is 0.176 e. The van der Waals surface area contributed by atoms with Crippen molar-refractivity contribution in [3.63, 3.8) is 0 Å². The molecule has 1 aromatic rings. The SMILES string of the molecule is CC(C)CN(CC(=O)c1ccc(O)c(O)c1)C(C)C. The Bertz CT molecular complexity index is 441. The molecule has 0 unspecified atom stereocenters. The van der Waals surface area contributed by atoms with Crippen molar-refractivity contribution >= 4 is 5.78 Å². The van der Waals surface area contributed by atoms with E-state index in [1.165, 1.54) is 18.2 Å². The van der Waals surface area contributed by atoms with E-state index in [9.17, 15) is 15.0 Å². The molecule has 0 amide bonds. The van der Waals surface area contributed by atoms with Crippen molar-refractivity contribution in [1.82, 2.24) is 4.90 Å². The highest BCUT2D eigenvalue weighted by Crippen LogP contribution is 2.25. The third-order valence-corrected chi connectivity index (χ3v) is 2.97. The van der Waals surface area contributed by atoms with Gasteiger partial charge in [0.05, 0.1) is 6.54 Å². The van der Waals surface area contributed by atoms with Gasteiger partial charge in [-0.25, -0.2) is 0 Å². The van der Waals surface area contributed by atoms with E-state index in [2.05, 4.69) is 32.6 Å². The van der Waals surface area contributed by atoms with E-state index < -0.39 is 0 Å². The topological polar surface area (TPSA) is 60.8 Å². The summed E-state index contributed by atoms with van der Waals surface area (Å²) in [5, 5.41) is 18.7. The van der Waals surface area contributed by atoms with Crippen molar-refractivity contribution < 1.29 is 15.0 Å². The highest BCUT2D eigenvalue weighted by atomic mass is 16.3. The minimum atomic E-state index is -0.259. The van der Waals surface area contributed by atoms with Gasteiger partial charge in [-0.1, -0.05) is 13.8 Å². The highest BCUT2D eigenvalue weighted by Gasteiger charge is 2.17. The van der Waals surface area contributed by atoms with Crippen LogP contribution < -0.4 is 0 Å². The van der Waals surface area contributed by atoms with Gasteiger partial charge in [0.25, 0.3) is 0 Å². The molecule has 0 heterocycles. The number of carbonyl (C=O) groups excluding carboxylic acids is 1. The molecule has 1 rings (SSSR count). The Morgan fingerprint density at radius 2 is 1.79 bits per heavy atom.